The summed E-state index contributed by atoms with van der Waals surface area (Å²) in [4.78, 5) is 37.8. The molecule has 0 heterocycles. The number of unbranched alkanes of at least 4 members (excludes halogenated alkanes) is 6. The Balaban J connectivity index is 4.88. The summed E-state index contributed by atoms with van der Waals surface area (Å²) in [5, 5.41) is 2.82. The first-order valence-corrected chi connectivity index (χ1v) is 12.8. The lowest BCUT2D eigenvalue weighted by atomic mass is 10.1. The van der Waals surface area contributed by atoms with Crippen LogP contribution >= 0.6 is 0 Å². The average Bonchev–Trinajstić information content (AvgIpc) is 2.82. The molecule has 0 aromatic carbocycles. The van der Waals surface area contributed by atoms with Gasteiger partial charge in [-0.15, -0.1) is 0 Å². The molecular formula is C23H49N7O5. The first-order chi connectivity index (χ1) is 16.8. The molecule has 2 unspecified atom stereocenters. The molecule has 3 amide bonds. The van der Waals surface area contributed by atoms with Gasteiger partial charge >= 0.3 is 12.2 Å². The highest BCUT2D eigenvalue weighted by molar-refractivity contribution is 5.82. The molecule has 12 nitrogen and oxygen atoms in total. The van der Waals surface area contributed by atoms with E-state index < -0.39 is 18.2 Å². The minimum absolute atomic E-state index is 0.0467. The summed E-state index contributed by atoms with van der Waals surface area (Å²) in [6, 6.07) is -0.707. The van der Waals surface area contributed by atoms with Crippen molar-refractivity contribution in [1.82, 2.24) is 10.2 Å². The molecule has 11 N–H and O–H groups in total. The van der Waals surface area contributed by atoms with Gasteiger partial charge in [-0.25, -0.2) is 9.59 Å². The van der Waals surface area contributed by atoms with E-state index in [4.69, 9.17) is 38.1 Å². The number of primary amides is 1. The van der Waals surface area contributed by atoms with Crippen molar-refractivity contribution in [2.45, 2.75) is 82.7 Å². The SMILES string of the molecule is NCCCCCCCN(CC(=O)NC(CCCCN)COC(N)=O)C(=O)OCC(N)CCCCN. The van der Waals surface area contributed by atoms with Crippen molar-refractivity contribution in [1.29, 1.82) is 0 Å². The van der Waals surface area contributed by atoms with Crippen molar-refractivity contribution in [2.75, 3.05) is 45.9 Å². The number of hydrogen-bond donors (Lipinski definition) is 6. The number of hydrogen-bond acceptors (Lipinski definition) is 9. The molecule has 0 saturated heterocycles. The van der Waals surface area contributed by atoms with Gasteiger partial charge in [0.15, 0.2) is 0 Å². The van der Waals surface area contributed by atoms with Crippen LogP contribution in [0.3, 0.4) is 0 Å². The molecule has 0 aliphatic carbocycles. The second kappa shape index (κ2) is 22.3. The number of carbonyl (C=O) groups is 3. The van der Waals surface area contributed by atoms with Crippen LogP contribution in [0.2, 0.25) is 0 Å². The Bertz CT molecular complexity index is 568. The predicted octanol–water partition coefficient (Wildman–Crippen LogP) is 0.500. The van der Waals surface area contributed by atoms with Gasteiger partial charge in [0.1, 0.15) is 19.8 Å². The van der Waals surface area contributed by atoms with Gasteiger partial charge in [0.2, 0.25) is 5.91 Å². The molecule has 0 aliphatic rings. The van der Waals surface area contributed by atoms with Crippen LogP contribution in [0.25, 0.3) is 0 Å². The molecular weight excluding hydrogens is 454 g/mol. The number of amides is 3. The molecule has 0 aromatic heterocycles. The third kappa shape index (κ3) is 19.8. The van der Waals surface area contributed by atoms with Crippen molar-refractivity contribution in [3.63, 3.8) is 0 Å². The topological polar surface area (TPSA) is 215 Å². The molecule has 0 saturated carbocycles. The normalized spacial score (nSPS) is 12.6. The fraction of sp³-hybridized carbons (Fsp3) is 0.870. The van der Waals surface area contributed by atoms with Crippen LogP contribution in [0.4, 0.5) is 9.59 Å². The van der Waals surface area contributed by atoms with Crippen LogP contribution in [-0.2, 0) is 14.3 Å². The molecule has 0 fully saturated rings. The maximum absolute atomic E-state index is 12.7. The standard InChI is InChI=1S/C23H49N7O5/c24-12-6-2-1-3-9-15-30(23(33)35-17-19(27)10-4-7-13-25)16-21(31)29-20(11-5-8-14-26)18-34-22(28)32/h19-20H,1-18,24-27H2,(H2,28,32)(H,29,31). The fourth-order valence-electron chi connectivity index (χ4n) is 3.48. The summed E-state index contributed by atoms with van der Waals surface area (Å²) in [5.41, 5.74) is 27.6. The van der Waals surface area contributed by atoms with Crippen LogP contribution in [-0.4, -0.2) is 81.0 Å². The van der Waals surface area contributed by atoms with E-state index in [0.29, 0.717) is 39.0 Å². The van der Waals surface area contributed by atoms with E-state index in [0.717, 1.165) is 57.8 Å². The molecule has 0 bridgehead atoms. The minimum Gasteiger partial charge on any atom is -0.448 e. The molecule has 0 rings (SSSR count). The number of carbonyl (C=O) groups excluding carboxylic acids is 3. The monoisotopic (exact) mass is 503 g/mol. The average molecular weight is 504 g/mol. The Morgan fingerprint density at radius 2 is 1.31 bits per heavy atom. The van der Waals surface area contributed by atoms with Gasteiger partial charge in [0.25, 0.3) is 0 Å². The van der Waals surface area contributed by atoms with Crippen molar-refractivity contribution in [3.05, 3.63) is 0 Å². The van der Waals surface area contributed by atoms with E-state index in [1.807, 2.05) is 0 Å². The third-order valence-electron chi connectivity index (χ3n) is 5.47. The van der Waals surface area contributed by atoms with Crippen LogP contribution in [0.1, 0.15) is 70.6 Å². The Hall–Kier alpha value is -2.15. The van der Waals surface area contributed by atoms with E-state index in [9.17, 15) is 14.4 Å². The summed E-state index contributed by atoms with van der Waals surface area (Å²) in [6.45, 7) is 2.02. The second-order valence-electron chi connectivity index (χ2n) is 8.78. The van der Waals surface area contributed by atoms with E-state index in [1.165, 1.54) is 4.90 Å². The van der Waals surface area contributed by atoms with E-state index >= 15 is 0 Å². The summed E-state index contributed by atoms with van der Waals surface area (Å²) in [7, 11) is 0. The molecule has 0 aromatic rings. The van der Waals surface area contributed by atoms with Gasteiger partial charge in [-0.1, -0.05) is 32.1 Å². The van der Waals surface area contributed by atoms with Crippen LogP contribution < -0.4 is 34.0 Å². The van der Waals surface area contributed by atoms with Gasteiger partial charge in [0.05, 0.1) is 6.04 Å². The zero-order valence-electron chi connectivity index (χ0n) is 21.3. The zero-order valence-corrected chi connectivity index (χ0v) is 21.3. The third-order valence-corrected chi connectivity index (χ3v) is 5.47. The Kier molecular flexibility index (Phi) is 21.0. The minimum atomic E-state index is -0.911. The number of ether oxygens (including phenoxy) is 2. The maximum atomic E-state index is 12.7. The quantitative estimate of drug-likeness (QED) is 0.113. The van der Waals surface area contributed by atoms with Crippen LogP contribution in [0.15, 0.2) is 0 Å². The lowest BCUT2D eigenvalue weighted by molar-refractivity contribution is -0.123. The number of nitrogens with zero attached hydrogens (tertiary/aromatic N) is 1. The summed E-state index contributed by atoms with van der Waals surface area (Å²) >= 11 is 0. The van der Waals surface area contributed by atoms with Gasteiger partial charge in [-0.2, -0.15) is 0 Å². The molecule has 35 heavy (non-hydrogen) atoms. The fourth-order valence-corrected chi connectivity index (χ4v) is 3.48. The summed E-state index contributed by atoms with van der Waals surface area (Å²) < 4.78 is 10.3. The van der Waals surface area contributed by atoms with E-state index in [1.54, 1.807) is 0 Å². The molecule has 0 aliphatic heterocycles. The van der Waals surface area contributed by atoms with Crippen LogP contribution in [0, 0.1) is 0 Å². The Morgan fingerprint density at radius 3 is 1.94 bits per heavy atom. The lowest BCUT2D eigenvalue weighted by Gasteiger charge is -2.24. The molecule has 2 atom stereocenters. The number of nitrogens with one attached hydrogen (secondary N) is 1. The lowest BCUT2D eigenvalue weighted by Crippen LogP contribution is -2.47. The highest BCUT2D eigenvalue weighted by Gasteiger charge is 2.21. The molecule has 0 radical (unpaired) electrons. The van der Waals surface area contributed by atoms with Gasteiger partial charge in [-0.3, -0.25) is 9.69 Å². The van der Waals surface area contributed by atoms with Crippen molar-refractivity contribution >= 4 is 18.1 Å². The predicted molar refractivity (Wildman–Crippen MR) is 136 cm³/mol. The van der Waals surface area contributed by atoms with Gasteiger partial charge < -0.3 is 43.5 Å². The number of nitrogens with two attached hydrogens (primary N) is 5. The van der Waals surface area contributed by atoms with Gasteiger partial charge in [-0.05, 0) is 58.2 Å². The van der Waals surface area contributed by atoms with Crippen molar-refractivity contribution in [2.24, 2.45) is 28.7 Å². The number of rotatable bonds is 22. The summed E-state index contributed by atoms with van der Waals surface area (Å²) in [5.74, 6) is -0.372. The highest BCUT2D eigenvalue weighted by Crippen LogP contribution is 2.07. The molecule has 206 valence electrons. The Morgan fingerprint density at radius 1 is 0.743 bits per heavy atom. The zero-order chi connectivity index (χ0) is 26.3. The molecule has 12 heteroatoms. The molecule has 0 spiro atoms. The summed E-state index contributed by atoms with van der Waals surface area (Å²) in [6.07, 6.45) is 7.69. The second-order valence-corrected chi connectivity index (χ2v) is 8.78. The first kappa shape index (κ1) is 32.8. The largest absolute Gasteiger partial charge is 0.448 e. The van der Waals surface area contributed by atoms with Gasteiger partial charge in [0, 0.05) is 12.6 Å². The Labute approximate surface area is 209 Å². The van der Waals surface area contributed by atoms with E-state index in [-0.39, 0.29) is 31.7 Å². The maximum Gasteiger partial charge on any atom is 0.410 e. The first-order valence-electron chi connectivity index (χ1n) is 12.8. The van der Waals surface area contributed by atoms with Crippen LogP contribution in [0.5, 0.6) is 0 Å². The smallest absolute Gasteiger partial charge is 0.410 e. The van der Waals surface area contributed by atoms with Crippen molar-refractivity contribution < 1.29 is 23.9 Å². The van der Waals surface area contributed by atoms with E-state index in [2.05, 4.69) is 5.32 Å². The highest BCUT2D eigenvalue weighted by atomic mass is 16.6. The van der Waals surface area contributed by atoms with Crippen molar-refractivity contribution in [3.8, 4) is 0 Å².